The van der Waals surface area contributed by atoms with Crippen LogP contribution >= 0.6 is 23.1 Å². The first kappa shape index (κ1) is 16.1. The molecular formula is C13H12N4O3S2. The van der Waals surface area contributed by atoms with Crippen LogP contribution in [0.5, 0.6) is 0 Å². The standard InChI is InChI=1S/C13H12N4O3S2/c1-2-21-13-16-15-12(22-13)14-11(18)8-5-9-3-6-10(7-4-9)17(19)20/h3-8H,2H2,1H3,(H,14,15,18). The van der Waals surface area contributed by atoms with Gasteiger partial charge in [0.2, 0.25) is 11.0 Å². The molecule has 0 aliphatic rings. The van der Waals surface area contributed by atoms with Crippen molar-refractivity contribution >= 4 is 45.9 Å². The van der Waals surface area contributed by atoms with Gasteiger partial charge in [-0.25, -0.2) is 0 Å². The second kappa shape index (κ2) is 7.66. The van der Waals surface area contributed by atoms with Gasteiger partial charge in [0.1, 0.15) is 0 Å². The average molecular weight is 336 g/mol. The Bertz CT molecular complexity index is 698. The van der Waals surface area contributed by atoms with Gasteiger partial charge in [0.05, 0.1) is 4.92 Å². The summed E-state index contributed by atoms with van der Waals surface area (Å²) in [4.78, 5) is 21.8. The van der Waals surface area contributed by atoms with Gasteiger partial charge in [0.25, 0.3) is 5.69 Å². The quantitative estimate of drug-likeness (QED) is 0.286. The Kier molecular flexibility index (Phi) is 5.61. The van der Waals surface area contributed by atoms with Gasteiger partial charge in [-0.3, -0.25) is 20.2 Å². The third-order valence-corrected chi connectivity index (χ3v) is 4.29. The number of carbonyl (C=O) groups is 1. The second-order valence-corrected chi connectivity index (χ2v) is 6.47. The molecule has 0 unspecified atom stereocenters. The van der Waals surface area contributed by atoms with Crippen LogP contribution in [0.3, 0.4) is 0 Å². The summed E-state index contributed by atoms with van der Waals surface area (Å²) in [6, 6.07) is 5.92. The van der Waals surface area contributed by atoms with E-state index in [0.717, 1.165) is 10.1 Å². The minimum absolute atomic E-state index is 0.0106. The molecule has 22 heavy (non-hydrogen) atoms. The van der Waals surface area contributed by atoms with E-state index in [1.807, 2.05) is 6.92 Å². The van der Waals surface area contributed by atoms with Crippen LogP contribution in [-0.4, -0.2) is 26.8 Å². The number of nitro benzene ring substituents is 1. The van der Waals surface area contributed by atoms with Crippen molar-refractivity contribution < 1.29 is 9.72 Å². The number of non-ortho nitro benzene ring substituents is 1. The van der Waals surface area contributed by atoms with E-state index >= 15 is 0 Å². The first-order valence-corrected chi connectivity index (χ1v) is 8.08. The molecule has 0 saturated carbocycles. The fourth-order valence-corrected chi connectivity index (χ4v) is 3.12. The van der Waals surface area contributed by atoms with Crippen LogP contribution in [0.1, 0.15) is 12.5 Å². The second-order valence-electron chi connectivity index (χ2n) is 3.98. The van der Waals surface area contributed by atoms with E-state index in [1.54, 1.807) is 30.0 Å². The lowest BCUT2D eigenvalue weighted by Crippen LogP contribution is -2.07. The van der Waals surface area contributed by atoms with Crippen LogP contribution in [0.4, 0.5) is 10.8 Å². The van der Waals surface area contributed by atoms with Crippen molar-refractivity contribution in [1.29, 1.82) is 0 Å². The van der Waals surface area contributed by atoms with Crippen molar-refractivity contribution in [2.75, 3.05) is 11.1 Å². The molecule has 1 aromatic heterocycles. The smallest absolute Gasteiger partial charge is 0.269 e. The zero-order valence-corrected chi connectivity index (χ0v) is 13.2. The molecule has 7 nitrogen and oxygen atoms in total. The third kappa shape index (κ3) is 4.64. The van der Waals surface area contributed by atoms with Crippen molar-refractivity contribution in [1.82, 2.24) is 10.2 Å². The predicted octanol–water partition coefficient (Wildman–Crippen LogP) is 3.21. The molecule has 0 saturated heterocycles. The molecule has 0 spiro atoms. The molecule has 1 amide bonds. The number of hydrogen-bond donors (Lipinski definition) is 1. The Balaban J connectivity index is 1.94. The Morgan fingerprint density at radius 3 is 2.77 bits per heavy atom. The number of aromatic nitrogens is 2. The average Bonchev–Trinajstić information content (AvgIpc) is 2.93. The van der Waals surface area contributed by atoms with Crippen LogP contribution in [-0.2, 0) is 4.79 Å². The highest BCUT2D eigenvalue weighted by Crippen LogP contribution is 2.24. The number of benzene rings is 1. The number of amides is 1. The van der Waals surface area contributed by atoms with E-state index in [4.69, 9.17) is 0 Å². The van der Waals surface area contributed by atoms with Gasteiger partial charge in [-0.15, -0.1) is 10.2 Å². The van der Waals surface area contributed by atoms with Gasteiger partial charge in [-0.1, -0.05) is 30.0 Å². The lowest BCUT2D eigenvalue weighted by Gasteiger charge is -1.95. The maximum Gasteiger partial charge on any atom is 0.269 e. The van der Waals surface area contributed by atoms with E-state index < -0.39 is 4.92 Å². The number of nitro groups is 1. The summed E-state index contributed by atoms with van der Waals surface area (Å²) < 4.78 is 0.803. The molecule has 0 aliphatic heterocycles. The summed E-state index contributed by atoms with van der Waals surface area (Å²) in [5.41, 5.74) is 0.705. The monoisotopic (exact) mass is 336 g/mol. The first-order chi connectivity index (χ1) is 10.6. The minimum Gasteiger partial charge on any atom is -0.297 e. The van der Waals surface area contributed by atoms with Crippen LogP contribution in [0.15, 0.2) is 34.7 Å². The van der Waals surface area contributed by atoms with Gasteiger partial charge < -0.3 is 0 Å². The number of rotatable bonds is 6. The third-order valence-electron chi connectivity index (χ3n) is 2.44. The largest absolute Gasteiger partial charge is 0.297 e. The van der Waals surface area contributed by atoms with Crippen LogP contribution in [0, 0.1) is 10.1 Å². The maximum atomic E-state index is 11.8. The van der Waals surface area contributed by atoms with Gasteiger partial charge in [0.15, 0.2) is 4.34 Å². The molecule has 2 aromatic rings. The summed E-state index contributed by atoms with van der Waals surface area (Å²) >= 11 is 2.87. The number of carbonyl (C=O) groups excluding carboxylic acids is 1. The lowest BCUT2D eigenvalue weighted by molar-refractivity contribution is -0.384. The van der Waals surface area contributed by atoms with Crippen molar-refractivity contribution in [2.24, 2.45) is 0 Å². The Labute approximate surface area is 134 Å². The number of nitrogens with zero attached hydrogens (tertiary/aromatic N) is 3. The van der Waals surface area contributed by atoms with Crippen LogP contribution < -0.4 is 5.32 Å². The van der Waals surface area contributed by atoms with Gasteiger partial charge >= 0.3 is 0 Å². The van der Waals surface area contributed by atoms with Crippen molar-refractivity contribution in [2.45, 2.75) is 11.3 Å². The normalized spacial score (nSPS) is 10.8. The van der Waals surface area contributed by atoms with Crippen molar-refractivity contribution in [3.05, 3.63) is 46.0 Å². The molecule has 1 aromatic carbocycles. The van der Waals surface area contributed by atoms with Crippen LogP contribution in [0.25, 0.3) is 6.08 Å². The lowest BCUT2D eigenvalue weighted by atomic mass is 10.2. The topological polar surface area (TPSA) is 98.0 Å². The van der Waals surface area contributed by atoms with Crippen molar-refractivity contribution in [3.8, 4) is 0 Å². The summed E-state index contributed by atoms with van der Waals surface area (Å²) in [7, 11) is 0. The number of nitrogens with one attached hydrogen (secondary N) is 1. The van der Waals surface area contributed by atoms with E-state index in [1.165, 1.54) is 29.5 Å². The van der Waals surface area contributed by atoms with Crippen molar-refractivity contribution in [3.63, 3.8) is 0 Å². The fourth-order valence-electron chi connectivity index (χ4n) is 1.47. The molecule has 2 rings (SSSR count). The van der Waals surface area contributed by atoms with Gasteiger partial charge in [0, 0.05) is 18.2 Å². The predicted molar refractivity (Wildman–Crippen MR) is 87.1 cm³/mol. The molecule has 9 heteroatoms. The summed E-state index contributed by atoms with van der Waals surface area (Å²) in [6.07, 6.45) is 2.91. The molecule has 1 N–H and O–H groups in total. The highest BCUT2D eigenvalue weighted by atomic mass is 32.2. The van der Waals surface area contributed by atoms with Gasteiger partial charge in [-0.2, -0.15) is 0 Å². The van der Waals surface area contributed by atoms with E-state index in [0.29, 0.717) is 10.7 Å². The SMILES string of the molecule is CCSc1nnc(NC(=O)C=Cc2ccc([N+](=O)[O-])cc2)s1. The van der Waals surface area contributed by atoms with Gasteiger partial charge in [-0.05, 0) is 29.5 Å². The maximum absolute atomic E-state index is 11.8. The summed E-state index contributed by atoms with van der Waals surface area (Å²) in [5, 5.41) is 21.4. The van der Waals surface area contributed by atoms with Crippen LogP contribution in [0.2, 0.25) is 0 Å². The van der Waals surface area contributed by atoms with E-state index in [2.05, 4.69) is 15.5 Å². The molecule has 0 bridgehead atoms. The fraction of sp³-hybridized carbons (Fsp3) is 0.154. The molecule has 114 valence electrons. The molecule has 1 heterocycles. The minimum atomic E-state index is -0.471. The zero-order chi connectivity index (χ0) is 15.9. The molecule has 0 radical (unpaired) electrons. The highest BCUT2D eigenvalue weighted by molar-refractivity contribution is 8.01. The highest BCUT2D eigenvalue weighted by Gasteiger charge is 2.06. The molecule has 0 atom stereocenters. The Morgan fingerprint density at radius 1 is 1.41 bits per heavy atom. The number of anilines is 1. The van der Waals surface area contributed by atoms with E-state index in [9.17, 15) is 14.9 Å². The Morgan fingerprint density at radius 2 is 2.14 bits per heavy atom. The summed E-state index contributed by atoms with van der Waals surface area (Å²) in [5.74, 6) is 0.561. The van der Waals surface area contributed by atoms with E-state index in [-0.39, 0.29) is 11.6 Å². The molecule has 0 aliphatic carbocycles. The molecular weight excluding hydrogens is 324 g/mol. The molecule has 0 fully saturated rings. The summed E-state index contributed by atoms with van der Waals surface area (Å²) in [6.45, 7) is 2.01. The number of hydrogen-bond acceptors (Lipinski definition) is 7. The zero-order valence-electron chi connectivity index (χ0n) is 11.6. The number of thioether (sulfide) groups is 1. The first-order valence-electron chi connectivity index (χ1n) is 6.28. The Hall–Kier alpha value is -2.26.